The molecule has 2 bridgehead atoms. The monoisotopic (exact) mass is 439 g/mol. The van der Waals surface area contributed by atoms with Crippen molar-refractivity contribution >= 4 is 40.2 Å². The molecular formula is C22H19Cl2N5O. The van der Waals surface area contributed by atoms with Crippen molar-refractivity contribution in [1.82, 2.24) is 20.2 Å². The van der Waals surface area contributed by atoms with Crippen LogP contribution in [0.2, 0.25) is 10.0 Å². The van der Waals surface area contributed by atoms with Crippen LogP contribution in [0.15, 0.2) is 40.8 Å². The molecule has 0 aliphatic heterocycles. The number of rotatable bonds is 4. The molecule has 2 aromatic carbocycles. The van der Waals surface area contributed by atoms with E-state index >= 15 is 0 Å². The molecule has 8 heteroatoms. The Morgan fingerprint density at radius 2 is 1.90 bits per heavy atom. The Kier molecular flexibility index (Phi) is 4.25. The van der Waals surface area contributed by atoms with E-state index in [1.165, 1.54) is 25.7 Å². The fraction of sp³-hybridized carbons (Fsp3) is 0.318. The van der Waals surface area contributed by atoms with Gasteiger partial charge in [-0.05, 0) is 61.4 Å². The predicted octanol–water partition coefficient (Wildman–Crippen LogP) is 6.19. The molecule has 2 aliphatic rings. The average molecular weight is 440 g/mol. The van der Waals surface area contributed by atoms with Gasteiger partial charge in [0.05, 0.1) is 26.6 Å². The molecule has 3 unspecified atom stereocenters. The summed E-state index contributed by atoms with van der Waals surface area (Å²) in [6.07, 6.45) is 5.20. The van der Waals surface area contributed by atoms with Crippen LogP contribution in [0, 0.1) is 11.8 Å². The van der Waals surface area contributed by atoms with Crippen molar-refractivity contribution in [3.63, 3.8) is 0 Å². The number of hydrogen-bond acceptors (Lipinski definition) is 5. The summed E-state index contributed by atoms with van der Waals surface area (Å²) >= 11 is 12.7. The summed E-state index contributed by atoms with van der Waals surface area (Å²) in [6.45, 7) is 0. The summed E-state index contributed by atoms with van der Waals surface area (Å²) in [7, 11) is 0. The lowest BCUT2D eigenvalue weighted by Gasteiger charge is -2.21. The molecule has 2 aliphatic carbocycles. The van der Waals surface area contributed by atoms with Gasteiger partial charge in [-0.15, -0.1) is 5.10 Å². The summed E-state index contributed by atoms with van der Waals surface area (Å²) in [4.78, 5) is 7.93. The average Bonchev–Trinajstić information content (AvgIpc) is 3.51. The maximum absolute atomic E-state index is 6.33. The third-order valence-electron chi connectivity index (χ3n) is 6.40. The Morgan fingerprint density at radius 3 is 2.67 bits per heavy atom. The highest BCUT2D eigenvalue weighted by atomic mass is 35.5. The van der Waals surface area contributed by atoms with Crippen molar-refractivity contribution in [3.8, 4) is 22.8 Å². The number of anilines is 1. The van der Waals surface area contributed by atoms with Crippen LogP contribution in [-0.4, -0.2) is 26.2 Å². The van der Waals surface area contributed by atoms with Crippen molar-refractivity contribution in [2.24, 2.45) is 11.8 Å². The zero-order valence-corrected chi connectivity index (χ0v) is 17.5. The van der Waals surface area contributed by atoms with Gasteiger partial charge in [-0.1, -0.05) is 40.8 Å². The molecular weight excluding hydrogens is 421 g/mol. The van der Waals surface area contributed by atoms with E-state index in [2.05, 4.69) is 25.5 Å². The molecule has 2 saturated carbocycles. The minimum Gasteiger partial charge on any atom is -0.403 e. The lowest BCUT2D eigenvalue weighted by atomic mass is 9.96. The second-order valence-corrected chi connectivity index (χ2v) is 9.07. The van der Waals surface area contributed by atoms with E-state index in [0.29, 0.717) is 39.4 Å². The SMILES string of the molecule is Clc1cccc(Cl)c1-c1nc2ccc(-c3nnc(NC4CC5CCC4C5)o3)cc2[nH]1. The normalized spacial score (nSPS) is 22.8. The molecule has 4 aromatic rings. The third-order valence-corrected chi connectivity index (χ3v) is 7.03. The van der Waals surface area contributed by atoms with Crippen LogP contribution in [0.4, 0.5) is 6.01 Å². The van der Waals surface area contributed by atoms with E-state index in [0.717, 1.165) is 28.4 Å². The summed E-state index contributed by atoms with van der Waals surface area (Å²) in [6, 6.07) is 12.2. The van der Waals surface area contributed by atoms with E-state index < -0.39 is 0 Å². The fourth-order valence-electron chi connectivity index (χ4n) is 4.96. The molecule has 0 radical (unpaired) electrons. The molecule has 2 fully saturated rings. The number of benzene rings is 2. The topological polar surface area (TPSA) is 79.6 Å². The van der Waals surface area contributed by atoms with Crippen LogP contribution in [0.5, 0.6) is 0 Å². The van der Waals surface area contributed by atoms with Gasteiger partial charge in [0.2, 0.25) is 5.89 Å². The van der Waals surface area contributed by atoms with Crippen molar-refractivity contribution in [2.75, 3.05) is 5.32 Å². The number of H-pyrrole nitrogens is 1. The third kappa shape index (κ3) is 3.06. The number of aromatic nitrogens is 4. The maximum atomic E-state index is 6.33. The van der Waals surface area contributed by atoms with Crippen LogP contribution in [-0.2, 0) is 0 Å². The first-order valence-electron chi connectivity index (χ1n) is 10.2. The molecule has 6 rings (SSSR count). The number of hydrogen-bond donors (Lipinski definition) is 2. The Labute approximate surface area is 183 Å². The lowest BCUT2D eigenvalue weighted by Crippen LogP contribution is -2.25. The van der Waals surface area contributed by atoms with Crippen LogP contribution in [0.3, 0.4) is 0 Å². The van der Waals surface area contributed by atoms with E-state index in [1.54, 1.807) is 12.1 Å². The summed E-state index contributed by atoms with van der Waals surface area (Å²) in [5, 5.41) is 13.0. The standard InChI is InChI=1S/C22H19Cl2N5O/c23-14-2-1-3-15(24)19(14)20-25-16-7-6-13(10-18(16)26-20)21-28-29-22(30-21)27-17-9-11-4-5-12(17)8-11/h1-3,6-7,10-12,17H,4-5,8-9H2,(H,25,26)(H,27,29). The Bertz CT molecular complexity index is 1230. The van der Waals surface area contributed by atoms with Crippen LogP contribution in [0.1, 0.15) is 25.7 Å². The van der Waals surface area contributed by atoms with Gasteiger partial charge in [0, 0.05) is 11.6 Å². The minimum absolute atomic E-state index is 0.454. The molecule has 2 N–H and O–H groups in total. The molecule has 152 valence electrons. The zero-order valence-electron chi connectivity index (χ0n) is 16.0. The molecule has 6 nitrogen and oxygen atoms in total. The summed E-state index contributed by atoms with van der Waals surface area (Å²) in [5.74, 6) is 2.71. The van der Waals surface area contributed by atoms with E-state index in [-0.39, 0.29) is 0 Å². The van der Waals surface area contributed by atoms with Gasteiger partial charge in [0.1, 0.15) is 5.82 Å². The lowest BCUT2D eigenvalue weighted by molar-refractivity contribution is 0.428. The van der Waals surface area contributed by atoms with E-state index in [4.69, 9.17) is 27.6 Å². The quantitative estimate of drug-likeness (QED) is 0.396. The maximum Gasteiger partial charge on any atom is 0.315 e. The number of nitrogens with one attached hydrogen (secondary N) is 2. The highest BCUT2D eigenvalue weighted by Crippen LogP contribution is 2.45. The zero-order chi connectivity index (χ0) is 20.2. The van der Waals surface area contributed by atoms with Crippen molar-refractivity contribution in [1.29, 1.82) is 0 Å². The Balaban J connectivity index is 1.28. The van der Waals surface area contributed by atoms with Crippen molar-refractivity contribution in [3.05, 3.63) is 46.4 Å². The first-order chi connectivity index (χ1) is 14.6. The largest absolute Gasteiger partial charge is 0.403 e. The van der Waals surface area contributed by atoms with Crippen LogP contribution < -0.4 is 5.32 Å². The van der Waals surface area contributed by atoms with Gasteiger partial charge in [0.15, 0.2) is 0 Å². The Morgan fingerprint density at radius 1 is 1.03 bits per heavy atom. The van der Waals surface area contributed by atoms with Gasteiger partial charge >= 0.3 is 6.01 Å². The first-order valence-corrected chi connectivity index (χ1v) is 10.9. The fourth-order valence-corrected chi connectivity index (χ4v) is 5.54. The molecule has 30 heavy (non-hydrogen) atoms. The predicted molar refractivity (Wildman–Crippen MR) is 118 cm³/mol. The number of aromatic amines is 1. The molecule has 0 amide bonds. The smallest absolute Gasteiger partial charge is 0.315 e. The van der Waals surface area contributed by atoms with Gasteiger partial charge in [-0.2, -0.15) is 0 Å². The minimum atomic E-state index is 0.454. The number of imidazole rings is 1. The van der Waals surface area contributed by atoms with Gasteiger partial charge < -0.3 is 14.7 Å². The van der Waals surface area contributed by atoms with Gasteiger partial charge in [-0.25, -0.2) is 4.98 Å². The van der Waals surface area contributed by atoms with E-state index in [9.17, 15) is 0 Å². The van der Waals surface area contributed by atoms with Gasteiger partial charge in [-0.3, -0.25) is 0 Å². The van der Waals surface area contributed by atoms with E-state index in [1.807, 2.05) is 24.3 Å². The van der Waals surface area contributed by atoms with Crippen LogP contribution in [0.25, 0.3) is 33.9 Å². The van der Waals surface area contributed by atoms with Crippen molar-refractivity contribution in [2.45, 2.75) is 31.7 Å². The van der Waals surface area contributed by atoms with Crippen LogP contribution >= 0.6 is 23.2 Å². The molecule has 0 spiro atoms. The second-order valence-electron chi connectivity index (χ2n) is 8.25. The summed E-state index contributed by atoms with van der Waals surface area (Å²) < 4.78 is 5.91. The molecule has 0 saturated heterocycles. The molecule has 2 heterocycles. The second kappa shape index (κ2) is 7.00. The number of nitrogens with zero attached hydrogens (tertiary/aromatic N) is 3. The number of fused-ring (bicyclic) bond motifs is 3. The van der Waals surface area contributed by atoms with Crippen molar-refractivity contribution < 1.29 is 4.42 Å². The number of halogens is 2. The first kappa shape index (κ1) is 18.2. The summed E-state index contributed by atoms with van der Waals surface area (Å²) in [5.41, 5.74) is 3.18. The molecule has 2 aromatic heterocycles. The highest BCUT2D eigenvalue weighted by Gasteiger charge is 2.40. The molecule has 3 atom stereocenters. The highest BCUT2D eigenvalue weighted by molar-refractivity contribution is 6.39. The Hall–Kier alpha value is -2.57. The van der Waals surface area contributed by atoms with Gasteiger partial charge in [0.25, 0.3) is 0 Å².